The van der Waals surface area contributed by atoms with E-state index in [0.717, 1.165) is 5.56 Å². The molecule has 0 atom stereocenters. The number of amides is 1. The highest BCUT2D eigenvalue weighted by Gasteiger charge is 2.21. The van der Waals surface area contributed by atoms with Gasteiger partial charge in [-0.2, -0.15) is 0 Å². The number of hydrogen-bond donors (Lipinski definition) is 1. The Morgan fingerprint density at radius 1 is 1.08 bits per heavy atom. The summed E-state index contributed by atoms with van der Waals surface area (Å²) in [6.45, 7) is 0.716. The van der Waals surface area contributed by atoms with Gasteiger partial charge in [0.15, 0.2) is 0 Å². The molecule has 8 heteroatoms. The minimum Gasteiger partial charge on any atom is -0.490 e. The number of carbonyl (C=O) groups is 1. The molecule has 0 bridgehead atoms. The van der Waals surface area contributed by atoms with Gasteiger partial charge >= 0.3 is 0 Å². The molecule has 0 unspecified atom stereocenters. The van der Waals surface area contributed by atoms with Crippen LogP contribution in [0.15, 0.2) is 47.4 Å². The van der Waals surface area contributed by atoms with Crippen LogP contribution in [-0.2, 0) is 4.79 Å². The summed E-state index contributed by atoms with van der Waals surface area (Å²) in [6, 6.07) is 12.5. The lowest BCUT2D eigenvalue weighted by molar-refractivity contribution is -0.115. The lowest BCUT2D eigenvalue weighted by Crippen LogP contribution is -2.17. The van der Waals surface area contributed by atoms with Crippen molar-refractivity contribution in [3.63, 3.8) is 0 Å². The molecule has 1 aliphatic heterocycles. The molecule has 0 spiro atoms. The van der Waals surface area contributed by atoms with Crippen LogP contribution in [0, 0.1) is 0 Å². The van der Waals surface area contributed by atoms with Crippen LogP contribution in [0.3, 0.4) is 0 Å². The van der Waals surface area contributed by atoms with E-state index in [-0.39, 0.29) is 5.91 Å². The molecule has 0 saturated carbocycles. The van der Waals surface area contributed by atoms with Gasteiger partial charge in [0.25, 0.3) is 5.91 Å². The zero-order valence-electron chi connectivity index (χ0n) is 13.3. The molecule has 1 amide bonds. The summed E-state index contributed by atoms with van der Waals surface area (Å²) in [6.07, 6.45) is 1.79. The SMILES string of the molecule is O=C1NC(=S)S/C1=C\c1ccc(OCCOc2ccc(Cl)cc2Cl)cc1. The lowest BCUT2D eigenvalue weighted by Gasteiger charge is -2.10. The molecular formula is C18H13Cl2NO3S2. The number of thiocarbonyl (C=S) groups is 1. The van der Waals surface area contributed by atoms with Crippen LogP contribution in [0.4, 0.5) is 0 Å². The number of benzene rings is 2. The zero-order chi connectivity index (χ0) is 18.5. The smallest absolute Gasteiger partial charge is 0.263 e. The van der Waals surface area contributed by atoms with E-state index in [4.69, 9.17) is 44.9 Å². The minimum absolute atomic E-state index is 0.168. The Morgan fingerprint density at radius 3 is 2.46 bits per heavy atom. The molecule has 2 aromatic rings. The summed E-state index contributed by atoms with van der Waals surface area (Å²) in [5, 5.41) is 3.61. The Morgan fingerprint density at radius 2 is 1.81 bits per heavy atom. The maximum Gasteiger partial charge on any atom is 0.263 e. The number of ether oxygens (including phenoxy) is 2. The number of halogens is 2. The quantitative estimate of drug-likeness (QED) is 0.403. The molecule has 1 aliphatic rings. The van der Waals surface area contributed by atoms with E-state index in [2.05, 4.69) is 5.32 Å². The summed E-state index contributed by atoms with van der Waals surface area (Å²) in [4.78, 5) is 12.2. The number of rotatable bonds is 6. The minimum atomic E-state index is -0.168. The van der Waals surface area contributed by atoms with Crippen molar-refractivity contribution in [3.8, 4) is 11.5 Å². The Hall–Kier alpha value is -1.73. The standard InChI is InChI=1S/C18H13Cl2NO3S2/c19-12-3-6-15(14(20)10-12)24-8-7-23-13-4-1-11(2-5-13)9-16-17(22)21-18(25)26-16/h1-6,9-10H,7-8H2,(H,21,22,25)/b16-9-. The van der Waals surface area contributed by atoms with Crippen molar-refractivity contribution in [2.75, 3.05) is 13.2 Å². The third-order valence-electron chi connectivity index (χ3n) is 3.32. The first-order chi connectivity index (χ1) is 12.5. The van der Waals surface area contributed by atoms with Crippen molar-refractivity contribution in [1.82, 2.24) is 5.32 Å². The summed E-state index contributed by atoms with van der Waals surface area (Å²) < 4.78 is 11.7. The number of thioether (sulfide) groups is 1. The van der Waals surface area contributed by atoms with Crippen LogP contribution in [0.2, 0.25) is 10.0 Å². The van der Waals surface area contributed by atoms with Crippen molar-refractivity contribution in [1.29, 1.82) is 0 Å². The van der Waals surface area contributed by atoms with Gasteiger partial charge in [-0.15, -0.1) is 0 Å². The van der Waals surface area contributed by atoms with Crippen molar-refractivity contribution in [2.45, 2.75) is 0 Å². The molecule has 1 N–H and O–H groups in total. The number of hydrogen-bond acceptors (Lipinski definition) is 5. The maximum atomic E-state index is 11.6. The first kappa shape index (κ1) is 19.0. The third kappa shape index (κ3) is 5.14. The van der Waals surface area contributed by atoms with Crippen molar-refractivity contribution in [2.24, 2.45) is 0 Å². The van der Waals surface area contributed by atoms with E-state index >= 15 is 0 Å². The summed E-state index contributed by atoms with van der Waals surface area (Å²) in [5.41, 5.74) is 0.892. The average molecular weight is 426 g/mol. The fraction of sp³-hybridized carbons (Fsp3) is 0.111. The average Bonchev–Trinajstić information content (AvgIpc) is 2.92. The van der Waals surface area contributed by atoms with Gasteiger partial charge in [0.05, 0.1) is 9.93 Å². The first-order valence-electron chi connectivity index (χ1n) is 7.57. The van der Waals surface area contributed by atoms with E-state index in [0.29, 0.717) is 44.0 Å². The van der Waals surface area contributed by atoms with Crippen LogP contribution in [0.5, 0.6) is 11.5 Å². The topological polar surface area (TPSA) is 47.6 Å². The Bertz CT molecular complexity index is 869. The molecule has 0 aromatic heterocycles. The Balaban J connectivity index is 1.49. The van der Waals surface area contributed by atoms with Crippen LogP contribution < -0.4 is 14.8 Å². The molecule has 4 nitrogen and oxygen atoms in total. The van der Waals surface area contributed by atoms with E-state index in [1.165, 1.54) is 11.8 Å². The molecule has 0 radical (unpaired) electrons. The fourth-order valence-electron chi connectivity index (χ4n) is 2.14. The van der Waals surface area contributed by atoms with Crippen LogP contribution in [0.1, 0.15) is 5.56 Å². The lowest BCUT2D eigenvalue weighted by atomic mass is 10.2. The summed E-state index contributed by atoms with van der Waals surface area (Å²) >= 11 is 18.1. The summed E-state index contributed by atoms with van der Waals surface area (Å²) in [5.74, 6) is 1.10. The largest absolute Gasteiger partial charge is 0.490 e. The van der Waals surface area contributed by atoms with Crippen molar-refractivity contribution in [3.05, 3.63) is 63.0 Å². The number of carbonyl (C=O) groups excluding carboxylic acids is 1. The molecule has 134 valence electrons. The van der Waals surface area contributed by atoms with Crippen LogP contribution in [0.25, 0.3) is 6.08 Å². The van der Waals surface area contributed by atoms with E-state index < -0.39 is 0 Å². The summed E-state index contributed by atoms with van der Waals surface area (Å²) in [7, 11) is 0. The van der Waals surface area contributed by atoms with Gasteiger partial charge in [-0.1, -0.05) is 59.3 Å². The second kappa shape index (κ2) is 8.77. The Kier molecular flexibility index (Phi) is 6.43. The third-order valence-corrected chi connectivity index (χ3v) is 5.02. The van der Waals surface area contributed by atoms with Gasteiger partial charge in [-0.3, -0.25) is 4.79 Å². The van der Waals surface area contributed by atoms with Gasteiger partial charge in [0, 0.05) is 5.02 Å². The fourth-order valence-corrected chi connectivity index (χ4v) is 3.64. The predicted octanol–water partition coefficient (Wildman–Crippen LogP) is 4.94. The highest BCUT2D eigenvalue weighted by atomic mass is 35.5. The highest BCUT2D eigenvalue weighted by Crippen LogP contribution is 2.28. The molecule has 26 heavy (non-hydrogen) atoms. The van der Waals surface area contributed by atoms with Gasteiger partial charge < -0.3 is 14.8 Å². The molecule has 0 aliphatic carbocycles. The Labute approximate surface area is 170 Å². The normalized spacial score (nSPS) is 15.2. The highest BCUT2D eigenvalue weighted by molar-refractivity contribution is 8.26. The maximum absolute atomic E-state index is 11.6. The zero-order valence-corrected chi connectivity index (χ0v) is 16.5. The van der Waals surface area contributed by atoms with E-state index in [9.17, 15) is 4.79 Å². The second-order valence-corrected chi connectivity index (χ2v) is 7.76. The molecule has 3 rings (SSSR count). The first-order valence-corrected chi connectivity index (χ1v) is 9.55. The van der Waals surface area contributed by atoms with Gasteiger partial charge in [-0.05, 0) is 42.0 Å². The molecule has 1 saturated heterocycles. The molecule has 1 heterocycles. The van der Waals surface area contributed by atoms with Crippen molar-refractivity contribution >= 4 is 63.5 Å². The van der Waals surface area contributed by atoms with Crippen molar-refractivity contribution < 1.29 is 14.3 Å². The van der Waals surface area contributed by atoms with E-state index in [1.54, 1.807) is 24.3 Å². The van der Waals surface area contributed by atoms with Gasteiger partial charge in [0.2, 0.25) is 0 Å². The van der Waals surface area contributed by atoms with Gasteiger partial charge in [0.1, 0.15) is 29.0 Å². The van der Waals surface area contributed by atoms with Crippen LogP contribution >= 0.6 is 47.2 Å². The molecular weight excluding hydrogens is 413 g/mol. The van der Waals surface area contributed by atoms with Gasteiger partial charge in [-0.25, -0.2) is 0 Å². The molecule has 1 fully saturated rings. The predicted molar refractivity (Wildman–Crippen MR) is 110 cm³/mol. The second-order valence-electron chi connectivity index (χ2n) is 5.19. The van der Waals surface area contributed by atoms with E-state index in [1.807, 2.05) is 24.3 Å². The monoisotopic (exact) mass is 425 g/mol. The number of nitrogens with one attached hydrogen (secondary N) is 1. The molecule has 2 aromatic carbocycles. The van der Waals surface area contributed by atoms with Crippen LogP contribution in [-0.4, -0.2) is 23.4 Å².